The molecule has 2 aromatic carbocycles. The first-order valence-electron chi connectivity index (χ1n) is 13.0. The summed E-state index contributed by atoms with van der Waals surface area (Å²) >= 11 is 1.73. The Hall–Kier alpha value is -2.48. The number of sulfonamides is 1. The minimum absolute atomic E-state index is 0.153. The first-order chi connectivity index (χ1) is 17.5. The maximum Gasteiger partial charge on any atom is 0.244 e. The Morgan fingerprint density at radius 2 is 1.70 bits per heavy atom. The van der Waals surface area contributed by atoms with Gasteiger partial charge in [0.15, 0.2) is 0 Å². The van der Waals surface area contributed by atoms with E-state index >= 15 is 0 Å². The molecular formula is C30H38N2O3S2. The molecule has 2 heterocycles. The van der Waals surface area contributed by atoms with Crippen LogP contribution < -0.4 is 0 Å². The standard InChI is InChI=1S/C30H38N2O3S2/c1-20(2)11-14-31(37(34,35)30-23(5)17-21(3)18-24(30)6)19-28(33)32-15-12-27-26(13-16-36-27)29(32)25-10-8-7-9-22(25)4/h7-10,13,16-18,20,29H,11-12,14-15,19H2,1-6H3. The smallest absolute Gasteiger partial charge is 0.244 e. The van der Waals surface area contributed by atoms with E-state index in [1.165, 1.54) is 9.18 Å². The number of aryl methyl sites for hydroxylation is 4. The Morgan fingerprint density at radius 3 is 2.35 bits per heavy atom. The number of nitrogens with zero attached hydrogens (tertiary/aromatic N) is 2. The minimum Gasteiger partial charge on any atom is -0.330 e. The number of rotatable bonds is 8. The molecule has 0 saturated carbocycles. The first-order valence-corrected chi connectivity index (χ1v) is 15.3. The highest BCUT2D eigenvalue weighted by molar-refractivity contribution is 7.89. The third-order valence-electron chi connectivity index (χ3n) is 7.24. The lowest BCUT2D eigenvalue weighted by atomic mass is 9.90. The van der Waals surface area contributed by atoms with Crippen LogP contribution in [0.15, 0.2) is 52.7 Å². The van der Waals surface area contributed by atoms with Crippen molar-refractivity contribution >= 4 is 27.3 Å². The molecule has 0 radical (unpaired) electrons. The van der Waals surface area contributed by atoms with Gasteiger partial charge in [-0.1, -0.05) is 55.8 Å². The topological polar surface area (TPSA) is 57.7 Å². The maximum absolute atomic E-state index is 14.0. The summed E-state index contributed by atoms with van der Waals surface area (Å²) in [6, 6.07) is 13.9. The highest BCUT2D eigenvalue weighted by Crippen LogP contribution is 2.39. The number of amides is 1. The number of carbonyl (C=O) groups excluding carboxylic acids is 1. The fourth-order valence-electron chi connectivity index (χ4n) is 5.44. The van der Waals surface area contributed by atoms with Crippen molar-refractivity contribution in [1.29, 1.82) is 0 Å². The van der Waals surface area contributed by atoms with Gasteiger partial charge in [0.05, 0.1) is 17.5 Å². The van der Waals surface area contributed by atoms with Crippen LogP contribution in [0.1, 0.15) is 64.6 Å². The second-order valence-corrected chi connectivity index (χ2v) is 13.5. The molecule has 0 N–H and O–H groups in total. The van der Waals surface area contributed by atoms with Crippen molar-refractivity contribution in [1.82, 2.24) is 9.21 Å². The van der Waals surface area contributed by atoms with Gasteiger partial charge in [-0.15, -0.1) is 11.3 Å². The van der Waals surface area contributed by atoms with Crippen LogP contribution in [0.5, 0.6) is 0 Å². The molecule has 4 rings (SSSR count). The Balaban J connectivity index is 1.71. The predicted molar refractivity (Wildman–Crippen MR) is 152 cm³/mol. The van der Waals surface area contributed by atoms with Gasteiger partial charge < -0.3 is 4.90 Å². The lowest BCUT2D eigenvalue weighted by Crippen LogP contribution is -2.47. The van der Waals surface area contributed by atoms with Gasteiger partial charge in [-0.05, 0) is 85.7 Å². The predicted octanol–water partition coefficient (Wildman–Crippen LogP) is 6.19. The van der Waals surface area contributed by atoms with E-state index in [4.69, 9.17) is 0 Å². The molecule has 1 unspecified atom stereocenters. The van der Waals surface area contributed by atoms with Crippen molar-refractivity contribution < 1.29 is 13.2 Å². The summed E-state index contributed by atoms with van der Waals surface area (Å²) in [6.45, 7) is 12.6. The van der Waals surface area contributed by atoms with Crippen molar-refractivity contribution in [3.05, 3.63) is 86.1 Å². The van der Waals surface area contributed by atoms with Crippen LogP contribution >= 0.6 is 11.3 Å². The van der Waals surface area contributed by atoms with E-state index in [9.17, 15) is 13.2 Å². The number of fused-ring (bicyclic) bond motifs is 1. The average Bonchev–Trinajstić information content (AvgIpc) is 3.29. The molecule has 5 nitrogen and oxygen atoms in total. The number of benzene rings is 2. The Kier molecular flexibility index (Phi) is 8.26. The molecule has 1 aliphatic rings. The van der Waals surface area contributed by atoms with Crippen LogP contribution in [0.4, 0.5) is 0 Å². The van der Waals surface area contributed by atoms with Crippen LogP contribution in [0.2, 0.25) is 0 Å². The zero-order chi connectivity index (χ0) is 26.9. The quantitative estimate of drug-likeness (QED) is 0.343. The monoisotopic (exact) mass is 538 g/mol. The van der Waals surface area contributed by atoms with Gasteiger partial charge in [0.2, 0.25) is 15.9 Å². The minimum atomic E-state index is -3.86. The van der Waals surface area contributed by atoms with Crippen LogP contribution in [0, 0.1) is 33.6 Å². The van der Waals surface area contributed by atoms with Gasteiger partial charge in [0.1, 0.15) is 0 Å². The summed E-state index contributed by atoms with van der Waals surface area (Å²) in [5, 5.41) is 2.09. The molecule has 0 spiro atoms. The van der Waals surface area contributed by atoms with E-state index in [1.54, 1.807) is 11.3 Å². The van der Waals surface area contributed by atoms with Crippen LogP contribution in [-0.2, 0) is 21.2 Å². The average molecular weight is 539 g/mol. The molecule has 0 bridgehead atoms. The largest absolute Gasteiger partial charge is 0.330 e. The normalized spacial score (nSPS) is 15.9. The Morgan fingerprint density at radius 1 is 1.03 bits per heavy atom. The van der Waals surface area contributed by atoms with E-state index < -0.39 is 10.0 Å². The highest BCUT2D eigenvalue weighted by atomic mass is 32.2. The van der Waals surface area contributed by atoms with Gasteiger partial charge >= 0.3 is 0 Å². The summed E-state index contributed by atoms with van der Waals surface area (Å²) in [7, 11) is -3.86. The second kappa shape index (κ2) is 11.1. The van der Waals surface area contributed by atoms with E-state index in [1.807, 2.05) is 49.9 Å². The van der Waals surface area contributed by atoms with Crippen molar-refractivity contribution in [3.8, 4) is 0 Å². The third kappa shape index (κ3) is 5.69. The summed E-state index contributed by atoms with van der Waals surface area (Å²) in [4.78, 5) is 17.5. The molecule has 198 valence electrons. The van der Waals surface area contributed by atoms with Crippen molar-refractivity contribution in [3.63, 3.8) is 0 Å². The van der Waals surface area contributed by atoms with E-state index in [0.29, 0.717) is 30.3 Å². The first kappa shape index (κ1) is 27.6. The number of hydrogen-bond donors (Lipinski definition) is 0. The zero-order valence-corrected chi connectivity index (χ0v) is 24.4. The van der Waals surface area contributed by atoms with Crippen molar-refractivity contribution in [2.24, 2.45) is 5.92 Å². The fourth-order valence-corrected chi connectivity index (χ4v) is 8.16. The summed E-state index contributed by atoms with van der Waals surface area (Å²) in [6.07, 6.45) is 1.47. The van der Waals surface area contributed by atoms with Crippen molar-refractivity contribution in [2.45, 2.75) is 65.3 Å². The van der Waals surface area contributed by atoms with E-state index in [0.717, 1.165) is 39.8 Å². The summed E-state index contributed by atoms with van der Waals surface area (Å²) in [5.41, 5.74) is 5.84. The Bertz CT molecular complexity index is 1370. The lowest BCUT2D eigenvalue weighted by molar-refractivity contribution is -0.133. The molecule has 1 aliphatic heterocycles. The second-order valence-electron chi connectivity index (χ2n) is 10.6. The molecule has 7 heteroatoms. The molecule has 0 aliphatic carbocycles. The molecule has 0 saturated heterocycles. The van der Waals surface area contributed by atoms with Gasteiger partial charge in [-0.2, -0.15) is 4.31 Å². The van der Waals surface area contributed by atoms with Gasteiger partial charge in [0, 0.05) is 18.0 Å². The van der Waals surface area contributed by atoms with E-state index in [-0.39, 0.29) is 18.5 Å². The van der Waals surface area contributed by atoms with Crippen LogP contribution in [0.3, 0.4) is 0 Å². The number of carbonyl (C=O) groups is 1. The molecule has 1 amide bonds. The SMILES string of the molecule is Cc1cc(C)c(S(=O)(=O)N(CCC(C)C)CC(=O)N2CCc3sccc3C2c2ccccc2C)c(C)c1. The Labute approximate surface area is 226 Å². The zero-order valence-electron chi connectivity index (χ0n) is 22.7. The summed E-state index contributed by atoms with van der Waals surface area (Å²) in [5.74, 6) is 0.163. The van der Waals surface area contributed by atoms with E-state index in [2.05, 4.69) is 44.4 Å². The molecule has 1 aromatic heterocycles. The highest BCUT2D eigenvalue weighted by Gasteiger charge is 2.36. The number of hydrogen-bond acceptors (Lipinski definition) is 4. The maximum atomic E-state index is 14.0. The molecular weight excluding hydrogens is 500 g/mol. The van der Waals surface area contributed by atoms with Gasteiger partial charge in [-0.3, -0.25) is 4.79 Å². The van der Waals surface area contributed by atoms with Crippen molar-refractivity contribution in [2.75, 3.05) is 19.6 Å². The van der Waals surface area contributed by atoms with Gasteiger partial charge in [0.25, 0.3) is 0 Å². The number of thiophene rings is 1. The molecule has 3 aromatic rings. The fraction of sp³-hybridized carbons (Fsp3) is 0.433. The van der Waals surface area contributed by atoms with Crippen LogP contribution in [0.25, 0.3) is 0 Å². The molecule has 1 atom stereocenters. The molecule has 37 heavy (non-hydrogen) atoms. The summed E-state index contributed by atoms with van der Waals surface area (Å²) < 4.78 is 29.5. The third-order valence-corrected chi connectivity index (χ3v) is 10.4. The lowest BCUT2D eigenvalue weighted by Gasteiger charge is -2.38. The van der Waals surface area contributed by atoms with Gasteiger partial charge in [-0.25, -0.2) is 8.42 Å². The molecule has 0 fully saturated rings. The van der Waals surface area contributed by atoms with Crippen LogP contribution in [-0.4, -0.2) is 43.2 Å².